The predicted octanol–water partition coefficient (Wildman–Crippen LogP) is 4.16. The second kappa shape index (κ2) is 7.17. The van der Waals surface area contributed by atoms with E-state index in [0.717, 1.165) is 42.5 Å². The molecule has 1 rings (SSSR count). The zero-order valence-electron chi connectivity index (χ0n) is 12.4. The van der Waals surface area contributed by atoms with E-state index in [2.05, 4.69) is 19.2 Å². The molecule has 106 valence electrons. The highest BCUT2D eigenvalue weighted by Gasteiger charge is 2.17. The Balaban J connectivity index is 2.83. The van der Waals surface area contributed by atoms with Crippen molar-refractivity contribution in [3.05, 3.63) is 23.3 Å². The van der Waals surface area contributed by atoms with Gasteiger partial charge in [-0.15, -0.1) is 0 Å². The van der Waals surface area contributed by atoms with Crippen LogP contribution in [0.4, 0.5) is 5.69 Å². The maximum Gasteiger partial charge on any atom is 0.227 e. The molecule has 3 heteroatoms. The van der Waals surface area contributed by atoms with Crippen molar-refractivity contribution in [2.45, 2.75) is 53.4 Å². The van der Waals surface area contributed by atoms with Crippen LogP contribution >= 0.6 is 0 Å². The Bertz CT molecular complexity index is 435. The van der Waals surface area contributed by atoms with E-state index in [1.165, 1.54) is 0 Å². The van der Waals surface area contributed by atoms with Gasteiger partial charge in [0.2, 0.25) is 5.91 Å². The van der Waals surface area contributed by atoms with E-state index in [4.69, 9.17) is 0 Å². The van der Waals surface area contributed by atoms with Crippen LogP contribution in [0.5, 0.6) is 5.75 Å². The summed E-state index contributed by atoms with van der Waals surface area (Å²) in [5.41, 5.74) is 2.48. The van der Waals surface area contributed by atoms with Gasteiger partial charge in [0.25, 0.3) is 0 Å². The SMILES string of the molecule is CCCC(CCC)C(=O)Nc1cc(C)c(O)cc1C. The number of carbonyl (C=O) groups excluding carboxylic acids is 1. The fourth-order valence-electron chi connectivity index (χ4n) is 2.27. The highest BCUT2D eigenvalue weighted by atomic mass is 16.3. The minimum Gasteiger partial charge on any atom is -0.508 e. The lowest BCUT2D eigenvalue weighted by Crippen LogP contribution is -2.23. The summed E-state index contributed by atoms with van der Waals surface area (Å²) >= 11 is 0. The normalized spacial score (nSPS) is 10.8. The zero-order chi connectivity index (χ0) is 14.4. The molecule has 0 atom stereocenters. The smallest absolute Gasteiger partial charge is 0.227 e. The Morgan fingerprint density at radius 3 is 2.26 bits per heavy atom. The second-order valence-electron chi connectivity index (χ2n) is 5.22. The molecule has 0 aromatic heterocycles. The van der Waals surface area contributed by atoms with Gasteiger partial charge in [0.1, 0.15) is 5.75 Å². The van der Waals surface area contributed by atoms with E-state index in [1.807, 2.05) is 19.9 Å². The molecule has 0 fully saturated rings. The maximum atomic E-state index is 12.3. The van der Waals surface area contributed by atoms with Crippen LogP contribution in [-0.4, -0.2) is 11.0 Å². The van der Waals surface area contributed by atoms with Crippen molar-refractivity contribution in [1.82, 2.24) is 0 Å². The first kappa shape index (κ1) is 15.5. The number of phenols is 1. The number of hydrogen-bond acceptors (Lipinski definition) is 2. The molecule has 0 aliphatic rings. The van der Waals surface area contributed by atoms with Crippen LogP contribution in [0.3, 0.4) is 0 Å². The summed E-state index contributed by atoms with van der Waals surface area (Å²) in [6.07, 6.45) is 3.89. The van der Waals surface area contributed by atoms with Gasteiger partial charge in [0.05, 0.1) is 0 Å². The number of carbonyl (C=O) groups is 1. The summed E-state index contributed by atoms with van der Waals surface area (Å²) in [5, 5.41) is 12.6. The summed E-state index contributed by atoms with van der Waals surface area (Å²) in [6, 6.07) is 3.52. The summed E-state index contributed by atoms with van der Waals surface area (Å²) in [7, 11) is 0. The molecule has 0 radical (unpaired) electrons. The molecular formula is C16H25NO2. The fraction of sp³-hybridized carbons (Fsp3) is 0.562. The van der Waals surface area contributed by atoms with Crippen LogP contribution in [0.1, 0.15) is 50.7 Å². The van der Waals surface area contributed by atoms with Crippen molar-refractivity contribution in [2.75, 3.05) is 5.32 Å². The van der Waals surface area contributed by atoms with Crippen molar-refractivity contribution >= 4 is 11.6 Å². The van der Waals surface area contributed by atoms with E-state index in [1.54, 1.807) is 6.07 Å². The number of hydrogen-bond donors (Lipinski definition) is 2. The number of rotatable bonds is 6. The topological polar surface area (TPSA) is 49.3 Å². The Labute approximate surface area is 116 Å². The average molecular weight is 263 g/mol. The van der Waals surface area contributed by atoms with Crippen molar-refractivity contribution in [2.24, 2.45) is 5.92 Å². The largest absolute Gasteiger partial charge is 0.508 e. The fourth-order valence-corrected chi connectivity index (χ4v) is 2.27. The van der Waals surface area contributed by atoms with E-state index in [9.17, 15) is 9.90 Å². The van der Waals surface area contributed by atoms with E-state index in [-0.39, 0.29) is 17.6 Å². The summed E-state index contributed by atoms with van der Waals surface area (Å²) in [5.74, 6) is 0.453. The quantitative estimate of drug-likeness (QED) is 0.757. The number of anilines is 1. The highest BCUT2D eigenvalue weighted by molar-refractivity contribution is 5.93. The van der Waals surface area contributed by atoms with Crippen molar-refractivity contribution in [3.8, 4) is 5.75 Å². The third kappa shape index (κ3) is 4.27. The van der Waals surface area contributed by atoms with Gasteiger partial charge in [-0.25, -0.2) is 0 Å². The molecule has 3 nitrogen and oxygen atoms in total. The highest BCUT2D eigenvalue weighted by Crippen LogP contribution is 2.26. The summed E-state index contributed by atoms with van der Waals surface area (Å²) in [6.45, 7) is 7.93. The Kier molecular flexibility index (Phi) is 5.87. The third-order valence-electron chi connectivity index (χ3n) is 3.45. The molecule has 0 saturated carbocycles. The number of benzene rings is 1. The lowest BCUT2D eigenvalue weighted by molar-refractivity contribution is -0.120. The number of aromatic hydroxyl groups is 1. The van der Waals surface area contributed by atoms with Gasteiger partial charge in [0, 0.05) is 11.6 Å². The first-order valence-electron chi connectivity index (χ1n) is 7.10. The predicted molar refractivity (Wildman–Crippen MR) is 79.5 cm³/mol. The van der Waals surface area contributed by atoms with Gasteiger partial charge in [-0.1, -0.05) is 26.7 Å². The van der Waals surface area contributed by atoms with Crippen molar-refractivity contribution in [3.63, 3.8) is 0 Å². The van der Waals surface area contributed by atoms with Crippen LogP contribution in [0, 0.1) is 19.8 Å². The lowest BCUT2D eigenvalue weighted by atomic mass is 9.97. The molecule has 0 saturated heterocycles. The molecule has 19 heavy (non-hydrogen) atoms. The molecule has 1 aromatic rings. The van der Waals surface area contributed by atoms with Crippen LogP contribution in [-0.2, 0) is 4.79 Å². The molecule has 0 heterocycles. The van der Waals surface area contributed by atoms with Gasteiger partial charge in [-0.05, 0) is 49.9 Å². The van der Waals surface area contributed by atoms with Gasteiger partial charge in [-0.2, -0.15) is 0 Å². The molecule has 0 bridgehead atoms. The van der Waals surface area contributed by atoms with Gasteiger partial charge in [0.15, 0.2) is 0 Å². The van der Waals surface area contributed by atoms with Gasteiger partial charge in [-0.3, -0.25) is 4.79 Å². The molecule has 1 amide bonds. The van der Waals surface area contributed by atoms with Crippen LogP contribution in [0.15, 0.2) is 12.1 Å². The first-order chi connectivity index (χ1) is 8.99. The van der Waals surface area contributed by atoms with Crippen LogP contribution in [0.25, 0.3) is 0 Å². The number of phenolic OH excluding ortho intramolecular Hbond substituents is 1. The number of nitrogens with one attached hydrogen (secondary N) is 1. The molecule has 0 unspecified atom stereocenters. The van der Waals surface area contributed by atoms with E-state index >= 15 is 0 Å². The Morgan fingerprint density at radius 2 is 1.74 bits per heavy atom. The van der Waals surface area contributed by atoms with Crippen LogP contribution < -0.4 is 5.32 Å². The molecule has 0 aliphatic carbocycles. The molecule has 1 aromatic carbocycles. The van der Waals surface area contributed by atoms with E-state index in [0.29, 0.717) is 0 Å². The molecule has 0 aliphatic heterocycles. The Hall–Kier alpha value is -1.51. The summed E-state index contributed by atoms with van der Waals surface area (Å²) in [4.78, 5) is 12.3. The van der Waals surface area contributed by atoms with Crippen molar-refractivity contribution < 1.29 is 9.90 Å². The first-order valence-corrected chi connectivity index (χ1v) is 7.10. The maximum absolute atomic E-state index is 12.3. The summed E-state index contributed by atoms with van der Waals surface area (Å²) < 4.78 is 0. The standard InChI is InChI=1S/C16H25NO2/c1-5-7-13(8-6-2)16(19)17-14-9-12(4)15(18)10-11(14)3/h9-10,13,18H,5-8H2,1-4H3,(H,17,19). The Morgan fingerprint density at radius 1 is 1.16 bits per heavy atom. The minimum absolute atomic E-state index is 0.0866. The third-order valence-corrected chi connectivity index (χ3v) is 3.45. The monoisotopic (exact) mass is 263 g/mol. The van der Waals surface area contributed by atoms with E-state index < -0.39 is 0 Å². The number of amides is 1. The average Bonchev–Trinajstić information content (AvgIpc) is 2.35. The van der Waals surface area contributed by atoms with Gasteiger partial charge < -0.3 is 10.4 Å². The van der Waals surface area contributed by atoms with Gasteiger partial charge >= 0.3 is 0 Å². The number of aryl methyl sites for hydroxylation is 2. The minimum atomic E-state index is 0.0866. The molecule has 2 N–H and O–H groups in total. The second-order valence-corrected chi connectivity index (χ2v) is 5.22. The van der Waals surface area contributed by atoms with Crippen molar-refractivity contribution in [1.29, 1.82) is 0 Å². The molecule has 0 spiro atoms. The molecular weight excluding hydrogens is 238 g/mol. The lowest BCUT2D eigenvalue weighted by Gasteiger charge is -2.17. The zero-order valence-corrected chi connectivity index (χ0v) is 12.4. The van der Waals surface area contributed by atoms with Crippen LogP contribution in [0.2, 0.25) is 0 Å².